The molecule has 4 nitrogen and oxygen atoms in total. The first kappa shape index (κ1) is 10.3. The van der Waals surface area contributed by atoms with E-state index < -0.39 is 0 Å². The number of fused-ring (bicyclic) bond motifs is 1. The highest BCUT2D eigenvalue weighted by Crippen LogP contribution is 2.20. The Morgan fingerprint density at radius 1 is 1.24 bits per heavy atom. The standard InChI is InChI=1S/C13H15N3O/c17-10-7-5-9(6-8-10)14-13-15-11-3-1-2-4-12(11)16-13/h1-4,9H,5-8H2,(H2,14,15,16). The lowest BCUT2D eigenvalue weighted by Crippen LogP contribution is -2.26. The Morgan fingerprint density at radius 3 is 2.76 bits per heavy atom. The molecule has 1 aliphatic carbocycles. The van der Waals surface area contributed by atoms with Crippen molar-refractivity contribution in [3.05, 3.63) is 24.3 Å². The van der Waals surface area contributed by atoms with Crippen molar-refractivity contribution in [3.8, 4) is 0 Å². The number of rotatable bonds is 2. The molecule has 4 heteroatoms. The van der Waals surface area contributed by atoms with Crippen molar-refractivity contribution in [1.82, 2.24) is 9.97 Å². The van der Waals surface area contributed by atoms with Crippen molar-refractivity contribution in [1.29, 1.82) is 0 Å². The van der Waals surface area contributed by atoms with Crippen LogP contribution in [-0.2, 0) is 4.79 Å². The summed E-state index contributed by atoms with van der Waals surface area (Å²) in [5, 5.41) is 3.37. The third-order valence-corrected chi connectivity index (χ3v) is 3.27. The van der Waals surface area contributed by atoms with Gasteiger partial charge in [0.25, 0.3) is 0 Å². The highest BCUT2D eigenvalue weighted by Gasteiger charge is 2.19. The first-order valence-electron chi connectivity index (χ1n) is 6.04. The maximum absolute atomic E-state index is 11.2. The van der Waals surface area contributed by atoms with Crippen LogP contribution in [0, 0.1) is 0 Å². The number of aromatic nitrogens is 2. The van der Waals surface area contributed by atoms with E-state index in [2.05, 4.69) is 15.3 Å². The van der Waals surface area contributed by atoms with Gasteiger partial charge in [-0.15, -0.1) is 0 Å². The highest BCUT2D eigenvalue weighted by atomic mass is 16.1. The highest BCUT2D eigenvalue weighted by molar-refractivity contribution is 5.79. The van der Waals surface area contributed by atoms with Gasteiger partial charge in [-0.25, -0.2) is 4.98 Å². The predicted octanol–water partition coefficient (Wildman–Crippen LogP) is 2.49. The average Bonchev–Trinajstić information content (AvgIpc) is 2.74. The number of carbonyl (C=O) groups excluding carboxylic acids is 1. The quantitative estimate of drug-likeness (QED) is 0.831. The van der Waals surface area contributed by atoms with Crippen molar-refractivity contribution in [2.75, 3.05) is 5.32 Å². The van der Waals surface area contributed by atoms with Crippen LogP contribution in [0.5, 0.6) is 0 Å². The molecular weight excluding hydrogens is 214 g/mol. The normalized spacial score (nSPS) is 17.5. The van der Waals surface area contributed by atoms with Gasteiger partial charge in [-0.05, 0) is 25.0 Å². The van der Waals surface area contributed by atoms with Crippen LogP contribution in [-0.4, -0.2) is 21.8 Å². The SMILES string of the molecule is O=C1CCC(Nc2nc3ccccc3[nH]2)CC1. The smallest absolute Gasteiger partial charge is 0.201 e. The van der Waals surface area contributed by atoms with E-state index in [1.165, 1.54) is 0 Å². The van der Waals surface area contributed by atoms with Gasteiger partial charge in [0.2, 0.25) is 5.95 Å². The third kappa shape index (κ3) is 2.16. The molecule has 0 spiro atoms. The van der Waals surface area contributed by atoms with Crippen LogP contribution in [0.15, 0.2) is 24.3 Å². The molecule has 1 heterocycles. The van der Waals surface area contributed by atoms with E-state index in [1.807, 2.05) is 24.3 Å². The molecule has 1 aromatic heterocycles. The Bertz CT molecular complexity index is 503. The summed E-state index contributed by atoms with van der Waals surface area (Å²) in [7, 11) is 0. The molecule has 2 aromatic rings. The zero-order valence-electron chi connectivity index (χ0n) is 9.57. The van der Waals surface area contributed by atoms with Crippen molar-refractivity contribution in [2.24, 2.45) is 0 Å². The number of anilines is 1. The molecule has 0 unspecified atom stereocenters. The maximum Gasteiger partial charge on any atom is 0.201 e. The second-order valence-corrected chi connectivity index (χ2v) is 4.56. The van der Waals surface area contributed by atoms with E-state index in [4.69, 9.17) is 0 Å². The number of nitrogens with one attached hydrogen (secondary N) is 2. The fourth-order valence-corrected chi connectivity index (χ4v) is 2.30. The summed E-state index contributed by atoms with van der Waals surface area (Å²) in [5.74, 6) is 1.19. The van der Waals surface area contributed by atoms with Crippen LogP contribution < -0.4 is 5.32 Å². The van der Waals surface area contributed by atoms with Crippen LogP contribution in [0.4, 0.5) is 5.95 Å². The van der Waals surface area contributed by atoms with E-state index in [-0.39, 0.29) is 0 Å². The molecule has 3 rings (SSSR count). The number of hydrogen-bond donors (Lipinski definition) is 2. The largest absolute Gasteiger partial charge is 0.353 e. The maximum atomic E-state index is 11.2. The predicted molar refractivity (Wildman–Crippen MR) is 67.0 cm³/mol. The van der Waals surface area contributed by atoms with Crippen molar-refractivity contribution in [3.63, 3.8) is 0 Å². The molecule has 88 valence electrons. The number of H-pyrrole nitrogens is 1. The summed E-state index contributed by atoms with van der Waals surface area (Å²) < 4.78 is 0. The van der Waals surface area contributed by atoms with Gasteiger partial charge < -0.3 is 10.3 Å². The van der Waals surface area contributed by atoms with Crippen molar-refractivity contribution >= 4 is 22.8 Å². The number of imidazole rings is 1. The third-order valence-electron chi connectivity index (χ3n) is 3.27. The molecule has 0 atom stereocenters. The monoisotopic (exact) mass is 229 g/mol. The summed E-state index contributed by atoms with van der Waals surface area (Å²) in [5.41, 5.74) is 2.02. The first-order chi connectivity index (χ1) is 8.31. The summed E-state index contributed by atoms with van der Waals surface area (Å²) in [4.78, 5) is 18.9. The molecule has 1 aromatic carbocycles. The number of ketones is 1. The zero-order valence-corrected chi connectivity index (χ0v) is 9.57. The van der Waals surface area contributed by atoms with Gasteiger partial charge in [-0.1, -0.05) is 12.1 Å². The summed E-state index contributed by atoms with van der Waals surface area (Å²) in [6.07, 6.45) is 3.21. The molecule has 0 bridgehead atoms. The lowest BCUT2D eigenvalue weighted by molar-refractivity contribution is -0.120. The molecule has 0 amide bonds. The minimum atomic E-state index is 0.369. The number of para-hydroxylation sites is 2. The van der Waals surface area contributed by atoms with Crippen molar-refractivity contribution < 1.29 is 4.79 Å². The number of carbonyl (C=O) groups is 1. The number of benzene rings is 1. The molecule has 0 aliphatic heterocycles. The van der Waals surface area contributed by atoms with E-state index >= 15 is 0 Å². The molecule has 1 aliphatic rings. The molecule has 2 N–H and O–H groups in total. The molecule has 1 fully saturated rings. The van der Waals surface area contributed by atoms with Gasteiger partial charge in [0.05, 0.1) is 11.0 Å². The fourth-order valence-electron chi connectivity index (χ4n) is 2.30. The minimum absolute atomic E-state index is 0.369. The zero-order chi connectivity index (χ0) is 11.7. The number of aromatic amines is 1. The van der Waals surface area contributed by atoms with E-state index in [0.717, 1.165) is 29.8 Å². The number of Topliss-reactive ketones (excluding diaryl/α,β-unsaturated/α-hetero) is 1. The lowest BCUT2D eigenvalue weighted by atomic mass is 9.94. The molecule has 1 saturated carbocycles. The molecular formula is C13H15N3O. The van der Waals surface area contributed by atoms with Gasteiger partial charge >= 0.3 is 0 Å². The molecule has 0 radical (unpaired) electrons. The van der Waals surface area contributed by atoms with Crippen molar-refractivity contribution in [2.45, 2.75) is 31.7 Å². The minimum Gasteiger partial charge on any atom is -0.353 e. The second kappa shape index (κ2) is 4.20. The number of hydrogen-bond acceptors (Lipinski definition) is 3. The van der Waals surface area contributed by atoms with E-state index in [9.17, 15) is 4.79 Å². The molecule has 17 heavy (non-hydrogen) atoms. The Balaban J connectivity index is 1.74. The topological polar surface area (TPSA) is 57.8 Å². The summed E-state index contributed by atoms with van der Waals surface area (Å²) >= 11 is 0. The van der Waals surface area contributed by atoms with Crippen LogP contribution in [0.1, 0.15) is 25.7 Å². The number of nitrogens with zero attached hydrogens (tertiary/aromatic N) is 1. The van der Waals surface area contributed by atoms with Crippen LogP contribution in [0.2, 0.25) is 0 Å². The fraction of sp³-hybridized carbons (Fsp3) is 0.385. The van der Waals surface area contributed by atoms with Gasteiger partial charge in [0, 0.05) is 18.9 Å². The Labute approximate surface area is 99.4 Å². The van der Waals surface area contributed by atoms with Crippen LogP contribution in [0.3, 0.4) is 0 Å². The second-order valence-electron chi connectivity index (χ2n) is 4.56. The average molecular weight is 229 g/mol. The summed E-state index contributed by atoms with van der Waals surface area (Å²) in [6, 6.07) is 8.34. The van der Waals surface area contributed by atoms with E-state index in [0.29, 0.717) is 24.7 Å². The molecule has 0 saturated heterocycles. The van der Waals surface area contributed by atoms with Gasteiger partial charge in [0.15, 0.2) is 0 Å². The van der Waals surface area contributed by atoms with Gasteiger partial charge in [-0.3, -0.25) is 4.79 Å². The van der Waals surface area contributed by atoms with Crippen LogP contribution >= 0.6 is 0 Å². The van der Waals surface area contributed by atoms with Crippen LogP contribution in [0.25, 0.3) is 11.0 Å². The Hall–Kier alpha value is -1.84. The Kier molecular flexibility index (Phi) is 2.55. The van der Waals surface area contributed by atoms with Gasteiger partial charge in [0.1, 0.15) is 5.78 Å². The lowest BCUT2D eigenvalue weighted by Gasteiger charge is -2.21. The summed E-state index contributed by atoms with van der Waals surface area (Å²) in [6.45, 7) is 0. The Morgan fingerprint density at radius 2 is 2.00 bits per heavy atom. The first-order valence-corrected chi connectivity index (χ1v) is 6.04. The van der Waals surface area contributed by atoms with Gasteiger partial charge in [-0.2, -0.15) is 0 Å². The van der Waals surface area contributed by atoms with E-state index in [1.54, 1.807) is 0 Å².